The van der Waals surface area contributed by atoms with E-state index in [2.05, 4.69) is 33.9 Å². The molecule has 0 aromatic heterocycles. The molecule has 0 unspecified atom stereocenters. The van der Waals surface area contributed by atoms with Crippen LogP contribution in [0.3, 0.4) is 0 Å². The number of Topliss-reactive ketones (excluding diaryl/α,β-unsaturated/α-hetero) is 1. The zero-order valence-corrected chi connectivity index (χ0v) is 11.4. The van der Waals surface area contributed by atoms with E-state index in [0.717, 1.165) is 6.42 Å². The van der Waals surface area contributed by atoms with Crippen LogP contribution in [0.25, 0.3) is 0 Å². The molecule has 0 aliphatic heterocycles. The van der Waals surface area contributed by atoms with Crippen molar-refractivity contribution in [3.8, 4) is 0 Å². The number of carbonyl (C=O) groups is 1. The standard InChI is InChI=1S/C11H24O2Si/c1-7-8-10(12)9-13-14(5,6)11(2,3)4/h7-9H2,1-6H3. The zero-order valence-electron chi connectivity index (χ0n) is 10.4. The van der Waals surface area contributed by atoms with Gasteiger partial charge in [0.2, 0.25) is 0 Å². The topological polar surface area (TPSA) is 26.3 Å². The Kier molecular flexibility index (Phi) is 5.02. The third-order valence-electron chi connectivity index (χ3n) is 2.93. The van der Waals surface area contributed by atoms with E-state index >= 15 is 0 Å². The van der Waals surface area contributed by atoms with E-state index in [4.69, 9.17) is 4.43 Å². The molecule has 0 atom stereocenters. The molecule has 0 bridgehead atoms. The third-order valence-corrected chi connectivity index (χ3v) is 7.41. The predicted octanol–water partition coefficient (Wildman–Crippen LogP) is 3.38. The molecular formula is C11H24O2Si. The first-order valence-electron chi connectivity index (χ1n) is 5.36. The molecule has 0 N–H and O–H groups in total. The lowest BCUT2D eigenvalue weighted by molar-refractivity contribution is -0.121. The molecule has 0 aromatic carbocycles. The maximum Gasteiger partial charge on any atom is 0.192 e. The molecule has 0 radical (unpaired) electrons. The third kappa shape index (κ3) is 4.38. The summed E-state index contributed by atoms with van der Waals surface area (Å²) < 4.78 is 5.80. The van der Waals surface area contributed by atoms with Gasteiger partial charge in [0, 0.05) is 6.42 Å². The number of carbonyl (C=O) groups excluding carboxylic acids is 1. The fourth-order valence-electron chi connectivity index (χ4n) is 0.828. The van der Waals surface area contributed by atoms with E-state index in [0.29, 0.717) is 13.0 Å². The minimum absolute atomic E-state index is 0.194. The molecule has 0 saturated carbocycles. The normalized spacial score (nSPS) is 13.0. The SMILES string of the molecule is CCCC(=O)CO[Si](C)(C)C(C)(C)C. The summed E-state index contributed by atoms with van der Waals surface area (Å²) in [4.78, 5) is 11.3. The molecule has 0 rings (SSSR count). The summed E-state index contributed by atoms with van der Waals surface area (Å²) in [6.45, 7) is 13.2. The van der Waals surface area contributed by atoms with Gasteiger partial charge in [-0.15, -0.1) is 0 Å². The highest BCUT2D eigenvalue weighted by atomic mass is 28.4. The summed E-state index contributed by atoms with van der Waals surface area (Å²) in [5, 5.41) is 0.194. The van der Waals surface area contributed by atoms with Gasteiger partial charge in [-0.2, -0.15) is 0 Å². The van der Waals surface area contributed by atoms with Gasteiger partial charge in [-0.25, -0.2) is 0 Å². The molecule has 14 heavy (non-hydrogen) atoms. The van der Waals surface area contributed by atoms with Crippen LogP contribution in [0.2, 0.25) is 18.1 Å². The minimum atomic E-state index is -1.72. The summed E-state index contributed by atoms with van der Waals surface area (Å²) in [7, 11) is -1.72. The first-order chi connectivity index (χ1) is 6.20. The van der Waals surface area contributed by atoms with Gasteiger partial charge in [-0.3, -0.25) is 4.79 Å². The molecule has 0 fully saturated rings. The van der Waals surface area contributed by atoms with Crippen molar-refractivity contribution in [3.05, 3.63) is 0 Å². The Morgan fingerprint density at radius 3 is 2.14 bits per heavy atom. The Balaban J connectivity index is 4.06. The van der Waals surface area contributed by atoms with Gasteiger partial charge >= 0.3 is 0 Å². The Morgan fingerprint density at radius 2 is 1.79 bits per heavy atom. The first-order valence-corrected chi connectivity index (χ1v) is 8.27. The van der Waals surface area contributed by atoms with E-state index in [1.165, 1.54) is 0 Å². The molecule has 0 spiro atoms. The highest BCUT2D eigenvalue weighted by molar-refractivity contribution is 6.74. The summed E-state index contributed by atoms with van der Waals surface area (Å²) in [6.07, 6.45) is 1.56. The van der Waals surface area contributed by atoms with Crippen molar-refractivity contribution in [3.63, 3.8) is 0 Å². The largest absolute Gasteiger partial charge is 0.410 e. The molecular weight excluding hydrogens is 192 g/mol. The highest BCUT2D eigenvalue weighted by Crippen LogP contribution is 2.36. The van der Waals surface area contributed by atoms with Crippen LogP contribution < -0.4 is 0 Å². The molecule has 0 amide bonds. The van der Waals surface area contributed by atoms with Gasteiger partial charge in [-0.05, 0) is 24.6 Å². The molecule has 2 nitrogen and oxygen atoms in total. The molecule has 3 heteroatoms. The first kappa shape index (κ1) is 13.8. The maximum absolute atomic E-state index is 11.3. The van der Waals surface area contributed by atoms with Crippen molar-refractivity contribution in [1.82, 2.24) is 0 Å². The lowest BCUT2D eigenvalue weighted by Gasteiger charge is -2.35. The predicted molar refractivity (Wildman–Crippen MR) is 63.1 cm³/mol. The number of rotatable bonds is 5. The smallest absolute Gasteiger partial charge is 0.192 e. The van der Waals surface area contributed by atoms with Crippen LogP contribution in [-0.2, 0) is 9.22 Å². The second kappa shape index (κ2) is 5.08. The molecule has 0 aromatic rings. The summed E-state index contributed by atoms with van der Waals surface area (Å²) in [5.74, 6) is 0.234. The Morgan fingerprint density at radius 1 is 1.29 bits per heavy atom. The van der Waals surface area contributed by atoms with Crippen LogP contribution in [0, 0.1) is 0 Å². The monoisotopic (exact) mass is 216 g/mol. The Bertz CT molecular complexity index is 192. The second-order valence-electron chi connectivity index (χ2n) is 5.34. The van der Waals surface area contributed by atoms with Crippen LogP contribution in [0.1, 0.15) is 40.5 Å². The van der Waals surface area contributed by atoms with Crippen LogP contribution >= 0.6 is 0 Å². The van der Waals surface area contributed by atoms with Crippen LogP contribution in [-0.4, -0.2) is 20.7 Å². The average Bonchev–Trinajstić information content (AvgIpc) is 1.99. The van der Waals surface area contributed by atoms with Crippen molar-refractivity contribution in [2.75, 3.05) is 6.61 Å². The molecule has 0 saturated heterocycles. The fraction of sp³-hybridized carbons (Fsp3) is 0.909. The van der Waals surface area contributed by atoms with E-state index in [9.17, 15) is 4.79 Å². The lowest BCUT2D eigenvalue weighted by Crippen LogP contribution is -2.42. The minimum Gasteiger partial charge on any atom is -0.410 e. The van der Waals surface area contributed by atoms with Crippen molar-refractivity contribution < 1.29 is 9.22 Å². The summed E-state index contributed by atoms with van der Waals surface area (Å²) in [5.41, 5.74) is 0. The molecule has 0 heterocycles. The van der Waals surface area contributed by atoms with E-state index in [1.54, 1.807) is 0 Å². The van der Waals surface area contributed by atoms with Crippen molar-refractivity contribution in [2.24, 2.45) is 0 Å². The van der Waals surface area contributed by atoms with Gasteiger partial charge in [0.15, 0.2) is 14.1 Å². The molecule has 84 valence electrons. The van der Waals surface area contributed by atoms with Crippen LogP contribution in [0.15, 0.2) is 0 Å². The lowest BCUT2D eigenvalue weighted by atomic mass is 10.2. The van der Waals surface area contributed by atoms with Gasteiger partial charge in [0.25, 0.3) is 0 Å². The van der Waals surface area contributed by atoms with E-state index in [1.807, 2.05) is 6.92 Å². The zero-order chi connectivity index (χ0) is 11.4. The fourth-order valence-corrected chi connectivity index (χ4v) is 1.78. The van der Waals surface area contributed by atoms with Crippen molar-refractivity contribution in [1.29, 1.82) is 0 Å². The highest BCUT2D eigenvalue weighted by Gasteiger charge is 2.37. The van der Waals surface area contributed by atoms with E-state index < -0.39 is 8.32 Å². The van der Waals surface area contributed by atoms with Crippen LogP contribution in [0.4, 0.5) is 0 Å². The van der Waals surface area contributed by atoms with Gasteiger partial charge < -0.3 is 4.43 Å². The van der Waals surface area contributed by atoms with Gasteiger partial charge in [-0.1, -0.05) is 27.7 Å². The quantitative estimate of drug-likeness (QED) is 0.659. The van der Waals surface area contributed by atoms with Gasteiger partial charge in [0.05, 0.1) is 6.61 Å². The maximum atomic E-state index is 11.3. The Labute approximate surface area is 89.2 Å². The van der Waals surface area contributed by atoms with Gasteiger partial charge in [0.1, 0.15) is 0 Å². The summed E-state index contributed by atoms with van der Waals surface area (Å²) in [6, 6.07) is 0. The van der Waals surface area contributed by atoms with Crippen molar-refractivity contribution >= 4 is 14.1 Å². The van der Waals surface area contributed by atoms with E-state index in [-0.39, 0.29) is 10.8 Å². The summed E-state index contributed by atoms with van der Waals surface area (Å²) >= 11 is 0. The Hall–Kier alpha value is -0.153. The van der Waals surface area contributed by atoms with Crippen LogP contribution in [0.5, 0.6) is 0 Å². The number of hydrogen-bond donors (Lipinski definition) is 0. The number of hydrogen-bond acceptors (Lipinski definition) is 2. The second-order valence-corrected chi connectivity index (χ2v) is 10.1. The number of ketones is 1. The average molecular weight is 216 g/mol. The van der Waals surface area contributed by atoms with Crippen molar-refractivity contribution in [2.45, 2.75) is 58.7 Å². The molecule has 0 aliphatic rings. The molecule has 0 aliphatic carbocycles.